The smallest absolute Gasteiger partial charge is 0.255 e. The van der Waals surface area contributed by atoms with E-state index in [1.54, 1.807) is 48.8 Å². The summed E-state index contributed by atoms with van der Waals surface area (Å²) in [6, 6.07) is 17.4. The fraction of sp³-hybridized carbons (Fsp3) is 0.174. The van der Waals surface area contributed by atoms with Crippen LogP contribution in [-0.4, -0.2) is 23.4 Å². The van der Waals surface area contributed by atoms with Crippen molar-refractivity contribution in [3.05, 3.63) is 89.7 Å². The highest BCUT2D eigenvalue weighted by Gasteiger charge is 2.25. The number of carbonyl (C=O) groups is 2. The van der Waals surface area contributed by atoms with Crippen molar-refractivity contribution in [2.24, 2.45) is 5.73 Å². The van der Waals surface area contributed by atoms with Gasteiger partial charge in [0, 0.05) is 41.7 Å². The Bertz CT molecular complexity index is 1040. The molecule has 4 rings (SSSR count). The van der Waals surface area contributed by atoms with Crippen LogP contribution in [0.5, 0.6) is 5.75 Å². The number of benzene rings is 2. The van der Waals surface area contributed by atoms with Gasteiger partial charge < -0.3 is 21.1 Å². The predicted molar refractivity (Wildman–Crippen MR) is 113 cm³/mol. The van der Waals surface area contributed by atoms with Gasteiger partial charge in [0.05, 0.1) is 6.04 Å². The molecule has 1 aliphatic heterocycles. The average molecular weight is 402 g/mol. The van der Waals surface area contributed by atoms with Gasteiger partial charge in [-0.3, -0.25) is 14.6 Å². The zero-order chi connectivity index (χ0) is 20.9. The molecule has 0 spiro atoms. The maximum absolute atomic E-state index is 12.5. The SMILES string of the molecule is N[C@@H](CC(=O)N[C@H]1COc2ccccc21)c1ccc(C(=O)Nc2ccncc2)cc1. The van der Waals surface area contributed by atoms with Crippen LogP contribution in [0.3, 0.4) is 0 Å². The average Bonchev–Trinajstić information content (AvgIpc) is 3.17. The van der Waals surface area contributed by atoms with Crippen molar-refractivity contribution in [2.45, 2.75) is 18.5 Å². The number of hydrogen-bond acceptors (Lipinski definition) is 5. The van der Waals surface area contributed by atoms with Crippen LogP contribution in [0.1, 0.15) is 40.0 Å². The monoisotopic (exact) mass is 402 g/mol. The summed E-state index contributed by atoms with van der Waals surface area (Å²) in [6.45, 7) is 0.418. The molecule has 4 N–H and O–H groups in total. The molecule has 2 amide bonds. The van der Waals surface area contributed by atoms with Crippen molar-refractivity contribution >= 4 is 17.5 Å². The lowest BCUT2D eigenvalue weighted by Gasteiger charge is -2.16. The molecule has 2 aromatic carbocycles. The third-order valence-corrected chi connectivity index (χ3v) is 4.98. The Balaban J connectivity index is 1.33. The van der Waals surface area contributed by atoms with E-state index in [1.165, 1.54) is 0 Å². The van der Waals surface area contributed by atoms with Gasteiger partial charge >= 0.3 is 0 Å². The zero-order valence-corrected chi connectivity index (χ0v) is 16.2. The molecular formula is C23H22N4O3. The lowest BCUT2D eigenvalue weighted by atomic mass is 10.0. The Morgan fingerprint density at radius 3 is 2.57 bits per heavy atom. The summed E-state index contributed by atoms with van der Waals surface area (Å²) in [4.78, 5) is 28.7. The van der Waals surface area contributed by atoms with Gasteiger partial charge in [0.15, 0.2) is 0 Å². The summed E-state index contributed by atoms with van der Waals surface area (Å²) >= 11 is 0. The Morgan fingerprint density at radius 2 is 1.80 bits per heavy atom. The molecule has 0 saturated heterocycles. The van der Waals surface area contributed by atoms with Crippen LogP contribution in [0, 0.1) is 0 Å². The second-order valence-electron chi connectivity index (χ2n) is 7.09. The normalized spacial score (nSPS) is 15.6. The number of aromatic nitrogens is 1. The molecule has 0 radical (unpaired) electrons. The minimum Gasteiger partial charge on any atom is -0.491 e. The molecule has 0 unspecified atom stereocenters. The minimum atomic E-state index is -0.472. The molecule has 152 valence electrons. The van der Waals surface area contributed by atoms with Crippen molar-refractivity contribution < 1.29 is 14.3 Å². The third kappa shape index (κ3) is 4.47. The first-order chi connectivity index (χ1) is 14.6. The number of nitrogens with two attached hydrogens (primary N) is 1. The molecule has 1 aromatic heterocycles. The summed E-state index contributed by atoms with van der Waals surface area (Å²) in [7, 11) is 0. The van der Waals surface area contributed by atoms with E-state index in [9.17, 15) is 9.59 Å². The maximum Gasteiger partial charge on any atom is 0.255 e. The Hall–Kier alpha value is -3.71. The fourth-order valence-electron chi connectivity index (χ4n) is 3.37. The van der Waals surface area contributed by atoms with Crippen molar-refractivity contribution in [3.8, 4) is 5.75 Å². The molecule has 3 aromatic rings. The largest absolute Gasteiger partial charge is 0.491 e. The molecule has 2 heterocycles. The second kappa shape index (κ2) is 8.75. The van der Waals surface area contributed by atoms with E-state index in [4.69, 9.17) is 10.5 Å². The number of hydrogen-bond donors (Lipinski definition) is 3. The van der Waals surface area contributed by atoms with Gasteiger partial charge in [0.25, 0.3) is 5.91 Å². The van der Waals surface area contributed by atoms with Gasteiger partial charge in [-0.25, -0.2) is 0 Å². The first kappa shape index (κ1) is 19.6. The number of anilines is 1. The van der Waals surface area contributed by atoms with Gasteiger partial charge in [-0.1, -0.05) is 30.3 Å². The van der Waals surface area contributed by atoms with Crippen LogP contribution < -0.4 is 21.1 Å². The molecule has 7 heteroatoms. The van der Waals surface area contributed by atoms with Crippen LogP contribution in [0.15, 0.2) is 73.1 Å². The van der Waals surface area contributed by atoms with E-state index in [0.29, 0.717) is 17.9 Å². The highest BCUT2D eigenvalue weighted by molar-refractivity contribution is 6.04. The highest BCUT2D eigenvalue weighted by Crippen LogP contribution is 2.31. The lowest BCUT2D eigenvalue weighted by Crippen LogP contribution is -2.31. The van der Waals surface area contributed by atoms with Crippen LogP contribution in [0.4, 0.5) is 5.69 Å². The van der Waals surface area contributed by atoms with Crippen LogP contribution in [-0.2, 0) is 4.79 Å². The number of ether oxygens (including phenoxy) is 1. The summed E-state index contributed by atoms with van der Waals surface area (Å²) in [5, 5.41) is 5.78. The number of nitrogens with one attached hydrogen (secondary N) is 2. The first-order valence-corrected chi connectivity index (χ1v) is 9.68. The van der Waals surface area contributed by atoms with Gasteiger partial charge in [-0.15, -0.1) is 0 Å². The summed E-state index contributed by atoms with van der Waals surface area (Å²) < 4.78 is 5.59. The maximum atomic E-state index is 12.5. The van der Waals surface area contributed by atoms with Crippen LogP contribution >= 0.6 is 0 Å². The molecule has 7 nitrogen and oxygen atoms in total. The number of carbonyl (C=O) groups excluding carboxylic acids is 2. The summed E-state index contributed by atoms with van der Waals surface area (Å²) in [6.07, 6.45) is 3.36. The number of para-hydroxylation sites is 1. The predicted octanol–water partition coefficient (Wildman–Crippen LogP) is 2.97. The summed E-state index contributed by atoms with van der Waals surface area (Å²) in [5.41, 5.74) is 9.15. The van der Waals surface area contributed by atoms with Crippen LogP contribution in [0.25, 0.3) is 0 Å². The van der Waals surface area contributed by atoms with Crippen molar-refractivity contribution in [3.63, 3.8) is 0 Å². The Kier molecular flexibility index (Phi) is 5.72. The van der Waals surface area contributed by atoms with E-state index < -0.39 is 6.04 Å². The molecule has 30 heavy (non-hydrogen) atoms. The number of rotatable bonds is 6. The standard InChI is InChI=1S/C23H22N4O3/c24-19(13-22(28)27-20-14-30-21-4-2-1-3-18(20)21)15-5-7-16(8-6-15)23(29)26-17-9-11-25-12-10-17/h1-12,19-20H,13-14,24H2,(H,27,28)(H,25,26,29)/t19-,20-/m0/s1. The van der Waals surface area contributed by atoms with E-state index in [2.05, 4.69) is 15.6 Å². The van der Waals surface area contributed by atoms with Gasteiger partial charge in [-0.05, 0) is 35.9 Å². The highest BCUT2D eigenvalue weighted by atomic mass is 16.5. The number of amides is 2. The summed E-state index contributed by atoms with van der Waals surface area (Å²) in [5.74, 6) is 0.430. The molecule has 0 saturated carbocycles. The number of fused-ring (bicyclic) bond motifs is 1. The van der Waals surface area contributed by atoms with Crippen molar-refractivity contribution in [1.82, 2.24) is 10.3 Å². The van der Waals surface area contributed by atoms with Crippen molar-refractivity contribution in [2.75, 3.05) is 11.9 Å². The Morgan fingerprint density at radius 1 is 1.07 bits per heavy atom. The lowest BCUT2D eigenvalue weighted by molar-refractivity contribution is -0.122. The number of pyridine rings is 1. The quantitative estimate of drug-likeness (QED) is 0.588. The molecular weight excluding hydrogens is 380 g/mol. The van der Waals surface area contributed by atoms with E-state index in [1.807, 2.05) is 24.3 Å². The van der Waals surface area contributed by atoms with Gasteiger partial charge in [-0.2, -0.15) is 0 Å². The minimum absolute atomic E-state index is 0.140. The Labute approximate surface area is 174 Å². The molecule has 0 bridgehead atoms. The fourth-order valence-corrected chi connectivity index (χ4v) is 3.37. The van der Waals surface area contributed by atoms with Crippen molar-refractivity contribution in [1.29, 1.82) is 0 Å². The topological polar surface area (TPSA) is 106 Å². The molecule has 0 aliphatic carbocycles. The van der Waals surface area contributed by atoms with Crippen LogP contribution in [0.2, 0.25) is 0 Å². The third-order valence-electron chi connectivity index (χ3n) is 4.98. The van der Waals surface area contributed by atoms with Gasteiger partial charge in [0.2, 0.25) is 5.91 Å². The molecule has 0 fully saturated rings. The van der Waals surface area contributed by atoms with E-state index in [-0.39, 0.29) is 24.3 Å². The van der Waals surface area contributed by atoms with E-state index >= 15 is 0 Å². The number of nitrogens with zero attached hydrogens (tertiary/aromatic N) is 1. The van der Waals surface area contributed by atoms with Gasteiger partial charge in [0.1, 0.15) is 12.4 Å². The first-order valence-electron chi connectivity index (χ1n) is 9.68. The molecule has 1 aliphatic rings. The second-order valence-corrected chi connectivity index (χ2v) is 7.09. The zero-order valence-electron chi connectivity index (χ0n) is 16.2. The van der Waals surface area contributed by atoms with E-state index in [0.717, 1.165) is 16.9 Å². The molecule has 2 atom stereocenters.